The van der Waals surface area contributed by atoms with E-state index in [2.05, 4.69) is 0 Å². The molecule has 0 fully saturated rings. The molecular formula is C19H13ClN2O5S2. The monoisotopic (exact) mass is 448 g/mol. The molecule has 1 heterocycles. The summed E-state index contributed by atoms with van der Waals surface area (Å²) in [4.78, 5) is -0.612. The SMILES string of the molecule is N#C/C(=C\c1ccc(-c2ccc(S(N)(=O)=O)cc2)o1)S(=O)(=O)c1ccc(Cl)cc1. The van der Waals surface area contributed by atoms with E-state index >= 15 is 0 Å². The standard InChI is InChI=1S/C19H13ClN2O5S2/c20-14-3-8-16(9-4-14)28(23,24)18(12-21)11-15-5-10-19(27-15)13-1-6-17(7-2-13)29(22,25)26/h1-11H,(H2,22,25,26)/b18-11+. The number of nitriles is 1. The predicted octanol–water partition coefficient (Wildman–Crippen LogP) is 3.59. The first-order chi connectivity index (χ1) is 13.6. The van der Waals surface area contributed by atoms with E-state index in [0.717, 1.165) is 6.08 Å². The lowest BCUT2D eigenvalue weighted by molar-refractivity contribution is 0.571. The Bertz CT molecular complexity index is 1330. The second-order valence-corrected chi connectivity index (χ2v) is 9.77. The fourth-order valence-electron chi connectivity index (χ4n) is 2.43. The normalized spacial score (nSPS) is 12.5. The van der Waals surface area contributed by atoms with Crippen molar-refractivity contribution in [3.8, 4) is 17.4 Å². The highest BCUT2D eigenvalue weighted by molar-refractivity contribution is 7.95. The van der Waals surface area contributed by atoms with Gasteiger partial charge in [0.15, 0.2) is 4.91 Å². The summed E-state index contributed by atoms with van der Waals surface area (Å²) in [6.45, 7) is 0. The molecule has 7 nitrogen and oxygen atoms in total. The second-order valence-electron chi connectivity index (χ2n) is 5.85. The van der Waals surface area contributed by atoms with E-state index in [1.807, 2.05) is 0 Å². The number of halogens is 1. The number of nitrogens with two attached hydrogens (primary N) is 1. The van der Waals surface area contributed by atoms with Crippen LogP contribution in [0.15, 0.2) is 79.8 Å². The topological polar surface area (TPSA) is 131 Å². The molecule has 148 valence electrons. The number of hydrogen-bond donors (Lipinski definition) is 1. The Morgan fingerprint density at radius 1 is 0.931 bits per heavy atom. The van der Waals surface area contributed by atoms with E-state index in [4.69, 9.17) is 21.2 Å². The molecule has 3 rings (SSSR count). The number of benzene rings is 2. The van der Waals surface area contributed by atoms with Crippen LogP contribution in [0.4, 0.5) is 0 Å². The van der Waals surface area contributed by atoms with Crippen molar-refractivity contribution in [3.05, 3.63) is 76.4 Å². The van der Waals surface area contributed by atoms with Crippen molar-refractivity contribution in [1.82, 2.24) is 0 Å². The van der Waals surface area contributed by atoms with Crippen molar-refractivity contribution in [2.45, 2.75) is 9.79 Å². The molecule has 0 bridgehead atoms. The van der Waals surface area contributed by atoms with Gasteiger partial charge in [-0.3, -0.25) is 0 Å². The smallest absolute Gasteiger partial charge is 0.238 e. The Balaban J connectivity index is 1.94. The largest absolute Gasteiger partial charge is 0.457 e. The van der Waals surface area contributed by atoms with Gasteiger partial charge in [0.2, 0.25) is 19.9 Å². The van der Waals surface area contributed by atoms with Gasteiger partial charge in [-0.1, -0.05) is 11.6 Å². The van der Waals surface area contributed by atoms with Gasteiger partial charge in [0.05, 0.1) is 9.79 Å². The van der Waals surface area contributed by atoms with Crippen LogP contribution in [0.5, 0.6) is 0 Å². The highest BCUT2D eigenvalue weighted by atomic mass is 35.5. The van der Waals surface area contributed by atoms with Crippen LogP contribution in [-0.4, -0.2) is 16.8 Å². The molecule has 0 unspecified atom stereocenters. The maximum Gasteiger partial charge on any atom is 0.238 e. The number of sulfonamides is 1. The first-order valence-electron chi connectivity index (χ1n) is 7.97. The number of hydrogen-bond acceptors (Lipinski definition) is 6. The van der Waals surface area contributed by atoms with Gasteiger partial charge in [-0.2, -0.15) is 5.26 Å². The summed E-state index contributed by atoms with van der Waals surface area (Å²) >= 11 is 5.77. The molecule has 0 aliphatic carbocycles. The zero-order valence-corrected chi connectivity index (χ0v) is 17.0. The van der Waals surface area contributed by atoms with Crippen molar-refractivity contribution >= 4 is 37.5 Å². The molecule has 2 N–H and O–H groups in total. The van der Waals surface area contributed by atoms with E-state index in [1.54, 1.807) is 12.1 Å². The average molecular weight is 449 g/mol. The second kappa shape index (κ2) is 7.85. The lowest BCUT2D eigenvalue weighted by Crippen LogP contribution is -2.11. The average Bonchev–Trinajstić information content (AvgIpc) is 3.14. The molecule has 0 aliphatic heterocycles. The molecule has 0 amide bonds. The Kier molecular flexibility index (Phi) is 5.64. The fourth-order valence-corrected chi connectivity index (χ4v) is 4.22. The van der Waals surface area contributed by atoms with Crippen molar-refractivity contribution in [2.24, 2.45) is 5.14 Å². The van der Waals surface area contributed by atoms with Crippen LogP contribution in [0, 0.1) is 11.3 Å². The summed E-state index contributed by atoms with van der Waals surface area (Å²) in [7, 11) is -7.86. The quantitative estimate of drug-likeness (QED) is 0.593. The van der Waals surface area contributed by atoms with Crippen molar-refractivity contribution < 1.29 is 21.3 Å². The molecule has 0 saturated carbocycles. The van der Waals surface area contributed by atoms with Crippen LogP contribution in [-0.2, 0) is 19.9 Å². The Morgan fingerprint density at radius 2 is 1.52 bits per heavy atom. The van der Waals surface area contributed by atoms with Gasteiger partial charge < -0.3 is 4.42 Å². The third kappa shape index (κ3) is 4.58. The van der Waals surface area contributed by atoms with Crippen LogP contribution in [0.2, 0.25) is 5.02 Å². The summed E-state index contributed by atoms with van der Waals surface area (Å²) in [6.07, 6.45) is 1.12. The van der Waals surface area contributed by atoms with Crippen LogP contribution in [0.25, 0.3) is 17.4 Å². The molecule has 0 atom stereocenters. The molecular weight excluding hydrogens is 436 g/mol. The first kappa shape index (κ1) is 20.8. The Hall–Kier alpha value is -2.90. The number of sulfone groups is 1. The summed E-state index contributed by atoms with van der Waals surface area (Å²) in [5, 5.41) is 14.8. The van der Waals surface area contributed by atoms with E-state index in [0.29, 0.717) is 16.3 Å². The van der Waals surface area contributed by atoms with E-state index in [1.165, 1.54) is 54.6 Å². The van der Waals surface area contributed by atoms with Gasteiger partial charge in [-0.05, 0) is 60.7 Å². The van der Waals surface area contributed by atoms with Crippen molar-refractivity contribution in [3.63, 3.8) is 0 Å². The molecule has 0 radical (unpaired) electrons. The molecule has 2 aromatic carbocycles. The minimum absolute atomic E-state index is 0.0475. The van der Waals surface area contributed by atoms with Gasteiger partial charge in [0.1, 0.15) is 17.6 Å². The summed E-state index contributed by atoms with van der Waals surface area (Å²) in [5.41, 5.74) is 0.552. The number of nitrogens with zero attached hydrogens (tertiary/aromatic N) is 1. The van der Waals surface area contributed by atoms with Crippen LogP contribution in [0.1, 0.15) is 5.76 Å². The number of allylic oxidation sites excluding steroid dienone is 1. The van der Waals surface area contributed by atoms with Crippen molar-refractivity contribution in [1.29, 1.82) is 5.26 Å². The van der Waals surface area contributed by atoms with Crippen LogP contribution >= 0.6 is 11.6 Å². The van der Waals surface area contributed by atoms with Crippen molar-refractivity contribution in [2.75, 3.05) is 0 Å². The molecule has 3 aromatic rings. The summed E-state index contributed by atoms with van der Waals surface area (Å²) in [5.74, 6) is 0.503. The number of furan rings is 1. The lowest BCUT2D eigenvalue weighted by atomic mass is 10.2. The van der Waals surface area contributed by atoms with E-state index in [9.17, 15) is 22.1 Å². The molecule has 0 saturated heterocycles. The first-order valence-corrected chi connectivity index (χ1v) is 11.4. The van der Waals surface area contributed by atoms with E-state index in [-0.39, 0.29) is 15.6 Å². The third-order valence-electron chi connectivity index (χ3n) is 3.89. The fraction of sp³-hybridized carbons (Fsp3) is 0. The molecule has 0 aliphatic rings. The van der Waals surface area contributed by atoms with Crippen LogP contribution in [0.3, 0.4) is 0 Å². The number of rotatable bonds is 5. The predicted molar refractivity (Wildman–Crippen MR) is 108 cm³/mol. The maximum atomic E-state index is 12.6. The van der Waals surface area contributed by atoms with Crippen LogP contribution < -0.4 is 5.14 Å². The zero-order chi connectivity index (χ0) is 21.2. The Labute approximate surface area is 172 Å². The highest BCUT2D eigenvalue weighted by Gasteiger charge is 2.21. The minimum Gasteiger partial charge on any atom is -0.457 e. The minimum atomic E-state index is -4.04. The van der Waals surface area contributed by atoms with Gasteiger partial charge >= 0.3 is 0 Å². The summed E-state index contributed by atoms with van der Waals surface area (Å²) in [6, 6.07) is 15.9. The summed E-state index contributed by atoms with van der Waals surface area (Å²) < 4.78 is 53.5. The maximum absolute atomic E-state index is 12.6. The number of primary sulfonamides is 1. The van der Waals surface area contributed by atoms with Gasteiger partial charge in [-0.15, -0.1) is 0 Å². The highest BCUT2D eigenvalue weighted by Crippen LogP contribution is 2.27. The molecule has 10 heteroatoms. The van der Waals surface area contributed by atoms with Gasteiger partial charge in [0, 0.05) is 16.7 Å². The van der Waals surface area contributed by atoms with Gasteiger partial charge in [-0.25, -0.2) is 22.0 Å². The third-order valence-corrected chi connectivity index (χ3v) is 6.75. The molecule has 1 aromatic heterocycles. The lowest BCUT2D eigenvalue weighted by Gasteiger charge is -2.03. The molecule has 29 heavy (non-hydrogen) atoms. The van der Waals surface area contributed by atoms with Gasteiger partial charge in [0.25, 0.3) is 0 Å². The zero-order valence-electron chi connectivity index (χ0n) is 14.6. The van der Waals surface area contributed by atoms with E-state index < -0.39 is 24.8 Å². The Morgan fingerprint density at radius 3 is 2.07 bits per heavy atom. The molecule has 0 spiro atoms.